The number of nitrogens with one attached hydrogen (secondary N) is 1. The zero-order chi connectivity index (χ0) is 15.9. The Balaban J connectivity index is 1.90. The van der Waals surface area contributed by atoms with Crippen molar-refractivity contribution in [2.75, 3.05) is 0 Å². The minimum atomic E-state index is -0.0735. The first-order chi connectivity index (χ1) is 10.6. The molecule has 116 valence electrons. The largest absolute Gasteiger partial charge is 0.491 e. The Morgan fingerprint density at radius 3 is 2.32 bits per heavy atom. The molecule has 3 nitrogen and oxygen atoms in total. The number of hydrogen-bond donors (Lipinski definition) is 1. The third-order valence-electron chi connectivity index (χ3n) is 3.60. The van der Waals surface area contributed by atoms with Crippen molar-refractivity contribution in [3.05, 3.63) is 65.2 Å². The van der Waals surface area contributed by atoms with Crippen molar-refractivity contribution in [2.45, 2.75) is 39.8 Å². The Bertz CT molecular complexity index is 602. The van der Waals surface area contributed by atoms with E-state index in [4.69, 9.17) is 4.74 Å². The van der Waals surface area contributed by atoms with Crippen molar-refractivity contribution in [3.8, 4) is 5.75 Å². The SMILES string of the molecule is CCC(C)Oc1ccc(C(=O)NCc2ccc(C)cc2)cc1. The smallest absolute Gasteiger partial charge is 0.251 e. The van der Waals surface area contributed by atoms with Gasteiger partial charge in [0, 0.05) is 12.1 Å². The Hall–Kier alpha value is -2.29. The first-order valence-corrected chi connectivity index (χ1v) is 7.69. The fourth-order valence-corrected chi connectivity index (χ4v) is 1.99. The maximum Gasteiger partial charge on any atom is 0.251 e. The molecule has 0 heterocycles. The molecule has 0 aliphatic carbocycles. The molecule has 1 atom stereocenters. The lowest BCUT2D eigenvalue weighted by Gasteiger charge is -2.12. The van der Waals surface area contributed by atoms with Crippen LogP contribution in [0.4, 0.5) is 0 Å². The van der Waals surface area contributed by atoms with Gasteiger partial charge < -0.3 is 10.1 Å². The van der Waals surface area contributed by atoms with E-state index in [1.54, 1.807) is 12.1 Å². The predicted octanol–water partition coefficient (Wildman–Crippen LogP) is 4.10. The summed E-state index contributed by atoms with van der Waals surface area (Å²) in [5.74, 6) is 0.722. The molecule has 0 fully saturated rings. The molecular formula is C19H23NO2. The predicted molar refractivity (Wildman–Crippen MR) is 89.2 cm³/mol. The molecule has 0 saturated heterocycles. The van der Waals surface area contributed by atoms with Crippen LogP contribution < -0.4 is 10.1 Å². The Morgan fingerprint density at radius 2 is 1.73 bits per heavy atom. The highest BCUT2D eigenvalue weighted by atomic mass is 16.5. The van der Waals surface area contributed by atoms with Crippen LogP contribution in [0, 0.1) is 6.92 Å². The molecule has 2 rings (SSSR count). The maximum absolute atomic E-state index is 12.1. The second kappa shape index (κ2) is 7.64. The number of rotatable bonds is 6. The molecule has 0 radical (unpaired) electrons. The second-order valence-corrected chi connectivity index (χ2v) is 5.53. The summed E-state index contributed by atoms with van der Waals surface area (Å²) in [5.41, 5.74) is 2.95. The monoisotopic (exact) mass is 297 g/mol. The molecule has 2 aromatic rings. The third kappa shape index (κ3) is 4.62. The summed E-state index contributed by atoms with van der Waals surface area (Å²) in [6, 6.07) is 15.4. The summed E-state index contributed by atoms with van der Waals surface area (Å²) in [4.78, 5) is 12.1. The van der Waals surface area contributed by atoms with Gasteiger partial charge >= 0.3 is 0 Å². The number of benzene rings is 2. The summed E-state index contributed by atoms with van der Waals surface area (Å²) >= 11 is 0. The Kier molecular flexibility index (Phi) is 5.59. The topological polar surface area (TPSA) is 38.3 Å². The highest BCUT2D eigenvalue weighted by Crippen LogP contribution is 2.15. The average Bonchev–Trinajstić information content (AvgIpc) is 2.54. The van der Waals surface area contributed by atoms with Gasteiger partial charge in [0.1, 0.15) is 5.75 Å². The molecule has 1 amide bonds. The van der Waals surface area contributed by atoms with Gasteiger partial charge in [0.15, 0.2) is 0 Å². The van der Waals surface area contributed by atoms with Gasteiger partial charge in [-0.2, -0.15) is 0 Å². The number of carbonyl (C=O) groups excluding carboxylic acids is 1. The molecule has 1 N–H and O–H groups in total. The molecule has 0 spiro atoms. The first-order valence-electron chi connectivity index (χ1n) is 7.69. The quantitative estimate of drug-likeness (QED) is 0.871. The zero-order valence-corrected chi connectivity index (χ0v) is 13.4. The molecular weight excluding hydrogens is 274 g/mol. The van der Waals surface area contributed by atoms with Gasteiger partial charge in [0.2, 0.25) is 0 Å². The van der Waals surface area contributed by atoms with Crippen LogP contribution in [0.25, 0.3) is 0 Å². The van der Waals surface area contributed by atoms with Crippen LogP contribution in [0.5, 0.6) is 5.75 Å². The van der Waals surface area contributed by atoms with Gasteiger partial charge in [-0.1, -0.05) is 36.8 Å². The van der Waals surface area contributed by atoms with Gasteiger partial charge in [-0.25, -0.2) is 0 Å². The lowest BCUT2D eigenvalue weighted by Crippen LogP contribution is -2.22. The van der Waals surface area contributed by atoms with Gasteiger partial charge in [-0.3, -0.25) is 4.79 Å². The van der Waals surface area contributed by atoms with Crippen LogP contribution >= 0.6 is 0 Å². The Morgan fingerprint density at radius 1 is 1.09 bits per heavy atom. The molecule has 2 aromatic carbocycles. The fraction of sp³-hybridized carbons (Fsp3) is 0.316. The van der Waals surface area contributed by atoms with E-state index in [1.807, 2.05) is 50.2 Å². The maximum atomic E-state index is 12.1. The number of ether oxygens (including phenoxy) is 1. The van der Waals surface area contributed by atoms with Gasteiger partial charge in [-0.15, -0.1) is 0 Å². The minimum Gasteiger partial charge on any atom is -0.491 e. The first kappa shape index (κ1) is 16.1. The molecule has 3 heteroatoms. The van der Waals surface area contributed by atoms with E-state index in [0.717, 1.165) is 17.7 Å². The van der Waals surface area contributed by atoms with Crippen LogP contribution in [0.2, 0.25) is 0 Å². The van der Waals surface area contributed by atoms with Gasteiger partial charge in [0.25, 0.3) is 5.91 Å². The molecule has 22 heavy (non-hydrogen) atoms. The molecule has 0 aromatic heterocycles. The van der Waals surface area contributed by atoms with Crippen molar-refractivity contribution in [1.82, 2.24) is 5.32 Å². The van der Waals surface area contributed by atoms with E-state index in [2.05, 4.69) is 12.2 Å². The van der Waals surface area contributed by atoms with Crippen LogP contribution in [-0.4, -0.2) is 12.0 Å². The molecule has 0 saturated carbocycles. The lowest BCUT2D eigenvalue weighted by molar-refractivity contribution is 0.0951. The Labute approximate surface area is 132 Å². The fourth-order valence-electron chi connectivity index (χ4n) is 1.99. The summed E-state index contributed by atoms with van der Waals surface area (Å²) in [5, 5.41) is 2.93. The van der Waals surface area contributed by atoms with E-state index in [1.165, 1.54) is 5.56 Å². The van der Waals surface area contributed by atoms with Gasteiger partial charge in [-0.05, 0) is 50.1 Å². The van der Waals surface area contributed by atoms with Crippen molar-refractivity contribution >= 4 is 5.91 Å². The van der Waals surface area contributed by atoms with Crippen molar-refractivity contribution in [3.63, 3.8) is 0 Å². The lowest BCUT2D eigenvalue weighted by atomic mass is 10.1. The summed E-state index contributed by atoms with van der Waals surface area (Å²) in [6.45, 7) is 6.69. The van der Waals surface area contributed by atoms with Gasteiger partial charge in [0.05, 0.1) is 6.10 Å². The summed E-state index contributed by atoms with van der Waals surface area (Å²) in [6.07, 6.45) is 1.14. The normalized spacial score (nSPS) is 11.8. The van der Waals surface area contributed by atoms with E-state index in [9.17, 15) is 4.79 Å². The number of aryl methyl sites for hydroxylation is 1. The average molecular weight is 297 g/mol. The van der Waals surface area contributed by atoms with E-state index < -0.39 is 0 Å². The molecule has 1 unspecified atom stereocenters. The molecule has 0 aliphatic rings. The minimum absolute atomic E-state index is 0.0735. The summed E-state index contributed by atoms with van der Waals surface area (Å²) in [7, 11) is 0. The van der Waals surface area contributed by atoms with Crippen LogP contribution in [0.15, 0.2) is 48.5 Å². The molecule has 0 aliphatic heterocycles. The van der Waals surface area contributed by atoms with Crippen LogP contribution in [0.3, 0.4) is 0 Å². The number of carbonyl (C=O) groups is 1. The zero-order valence-electron chi connectivity index (χ0n) is 13.4. The highest BCUT2D eigenvalue weighted by molar-refractivity contribution is 5.94. The van der Waals surface area contributed by atoms with Crippen molar-refractivity contribution < 1.29 is 9.53 Å². The van der Waals surface area contributed by atoms with Crippen LogP contribution in [-0.2, 0) is 6.54 Å². The van der Waals surface area contributed by atoms with E-state index in [0.29, 0.717) is 12.1 Å². The number of hydrogen-bond acceptors (Lipinski definition) is 2. The van der Waals surface area contributed by atoms with Crippen LogP contribution in [0.1, 0.15) is 41.8 Å². The molecule has 0 bridgehead atoms. The van der Waals surface area contributed by atoms with Crippen molar-refractivity contribution in [2.24, 2.45) is 0 Å². The van der Waals surface area contributed by atoms with Crippen molar-refractivity contribution in [1.29, 1.82) is 0 Å². The highest BCUT2D eigenvalue weighted by Gasteiger charge is 2.06. The van der Waals surface area contributed by atoms with E-state index >= 15 is 0 Å². The van der Waals surface area contributed by atoms with E-state index in [-0.39, 0.29) is 12.0 Å². The second-order valence-electron chi connectivity index (χ2n) is 5.53. The standard InChI is InChI=1S/C19H23NO2/c1-4-15(3)22-18-11-9-17(10-12-18)19(21)20-13-16-7-5-14(2)6-8-16/h5-12,15H,4,13H2,1-3H3,(H,20,21). The third-order valence-corrected chi connectivity index (χ3v) is 3.60. The summed E-state index contributed by atoms with van der Waals surface area (Å²) < 4.78 is 5.71. The number of amides is 1.